The standard InChI is InChI=1S/C20H27N3/c1-13(2)20-22-11-6-5-9-17(22)19-18-15(10-12-23(19)20)14-7-3-4-8-16(14)21-18/h3-4,7-8,13,17,19-21H,5-6,9-12H2,1-2H3/t17?,19-,20?/m1/s1. The number of aromatic nitrogens is 1. The van der Waals surface area contributed by atoms with Gasteiger partial charge in [-0.2, -0.15) is 0 Å². The van der Waals surface area contributed by atoms with Gasteiger partial charge in [-0.1, -0.05) is 38.5 Å². The number of nitrogens with one attached hydrogen (secondary N) is 1. The fourth-order valence-corrected chi connectivity index (χ4v) is 5.60. The van der Waals surface area contributed by atoms with Crippen LogP contribution in [0, 0.1) is 5.92 Å². The van der Waals surface area contributed by atoms with Crippen molar-refractivity contribution in [3.8, 4) is 0 Å². The Labute approximate surface area is 138 Å². The molecule has 3 atom stereocenters. The largest absolute Gasteiger partial charge is 0.357 e. The number of benzene rings is 1. The lowest BCUT2D eigenvalue weighted by Crippen LogP contribution is -2.46. The van der Waals surface area contributed by atoms with Gasteiger partial charge in [0.15, 0.2) is 0 Å². The van der Waals surface area contributed by atoms with Crippen molar-refractivity contribution in [2.75, 3.05) is 13.1 Å². The molecular formula is C20H27N3. The molecule has 122 valence electrons. The Morgan fingerprint density at radius 2 is 1.96 bits per heavy atom. The maximum Gasteiger partial charge on any atom is 0.0672 e. The van der Waals surface area contributed by atoms with E-state index in [9.17, 15) is 0 Å². The molecule has 3 nitrogen and oxygen atoms in total. The number of piperidine rings is 1. The summed E-state index contributed by atoms with van der Waals surface area (Å²) < 4.78 is 0. The molecule has 23 heavy (non-hydrogen) atoms. The molecule has 2 unspecified atom stereocenters. The number of rotatable bonds is 1. The summed E-state index contributed by atoms with van der Waals surface area (Å²) in [7, 11) is 0. The van der Waals surface area contributed by atoms with Crippen LogP contribution in [0.1, 0.15) is 50.4 Å². The van der Waals surface area contributed by atoms with Gasteiger partial charge in [-0.3, -0.25) is 9.80 Å². The summed E-state index contributed by atoms with van der Waals surface area (Å²) >= 11 is 0. The van der Waals surface area contributed by atoms with Crippen LogP contribution in [0.3, 0.4) is 0 Å². The predicted molar refractivity (Wildman–Crippen MR) is 94.4 cm³/mol. The second-order valence-corrected chi connectivity index (χ2v) is 7.95. The van der Waals surface area contributed by atoms with Crippen LogP contribution in [0.15, 0.2) is 24.3 Å². The second-order valence-electron chi connectivity index (χ2n) is 7.95. The van der Waals surface area contributed by atoms with Crippen LogP contribution in [0.2, 0.25) is 0 Å². The zero-order valence-electron chi connectivity index (χ0n) is 14.3. The third-order valence-corrected chi connectivity index (χ3v) is 6.35. The lowest BCUT2D eigenvalue weighted by molar-refractivity contribution is 0.0608. The van der Waals surface area contributed by atoms with E-state index >= 15 is 0 Å². The molecule has 0 aliphatic carbocycles. The number of nitrogens with zero attached hydrogens (tertiary/aromatic N) is 2. The van der Waals surface area contributed by atoms with Gasteiger partial charge in [0.25, 0.3) is 0 Å². The summed E-state index contributed by atoms with van der Waals surface area (Å²) in [5, 5.41) is 1.46. The van der Waals surface area contributed by atoms with E-state index in [4.69, 9.17) is 0 Å². The molecule has 3 heteroatoms. The van der Waals surface area contributed by atoms with Crippen LogP contribution in [-0.4, -0.2) is 40.1 Å². The van der Waals surface area contributed by atoms with Crippen molar-refractivity contribution in [1.82, 2.24) is 14.8 Å². The average Bonchev–Trinajstić information content (AvgIpc) is 3.10. The monoisotopic (exact) mass is 309 g/mol. The van der Waals surface area contributed by atoms with E-state index < -0.39 is 0 Å². The van der Waals surface area contributed by atoms with E-state index in [1.807, 2.05) is 0 Å². The molecule has 0 amide bonds. The van der Waals surface area contributed by atoms with E-state index in [1.165, 1.54) is 55.4 Å². The van der Waals surface area contributed by atoms with Gasteiger partial charge in [-0.15, -0.1) is 0 Å². The molecule has 0 bridgehead atoms. The highest BCUT2D eigenvalue weighted by Crippen LogP contribution is 2.48. The first-order valence-corrected chi connectivity index (χ1v) is 9.36. The first-order valence-electron chi connectivity index (χ1n) is 9.36. The lowest BCUT2D eigenvalue weighted by atomic mass is 9.90. The Hall–Kier alpha value is -1.32. The number of aromatic amines is 1. The molecule has 3 aliphatic rings. The lowest BCUT2D eigenvalue weighted by Gasteiger charge is -2.37. The van der Waals surface area contributed by atoms with Crippen molar-refractivity contribution in [1.29, 1.82) is 0 Å². The van der Waals surface area contributed by atoms with Crippen molar-refractivity contribution in [3.63, 3.8) is 0 Å². The van der Waals surface area contributed by atoms with Gasteiger partial charge in [0, 0.05) is 35.7 Å². The van der Waals surface area contributed by atoms with Gasteiger partial charge < -0.3 is 4.98 Å². The minimum Gasteiger partial charge on any atom is -0.357 e. The highest BCUT2D eigenvalue weighted by Gasteiger charge is 2.51. The van der Waals surface area contributed by atoms with Gasteiger partial charge in [0.2, 0.25) is 0 Å². The zero-order valence-corrected chi connectivity index (χ0v) is 14.3. The summed E-state index contributed by atoms with van der Waals surface area (Å²) in [5.74, 6) is 0.700. The molecule has 2 fully saturated rings. The van der Waals surface area contributed by atoms with Crippen LogP contribution in [0.4, 0.5) is 0 Å². The second kappa shape index (κ2) is 5.09. The number of para-hydroxylation sites is 1. The summed E-state index contributed by atoms with van der Waals surface area (Å²) in [4.78, 5) is 9.46. The molecule has 1 aromatic heterocycles. The topological polar surface area (TPSA) is 22.3 Å². The van der Waals surface area contributed by atoms with Crippen molar-refractivity contribution < 1.29 is 0 Å². The summed E-state index contributed by atoms with van der Waals surface area (Å²) in [6.45, 7) is 7.31. The Morgan fingerprint density at radius 3 is 2.83 bits per heavy atom. The molecule has 1 N–H and O–H groups in total. The van der Waals surface area contributed by atoms with Crippen molar-refractivity contribution >= 4 is 10.9 Å². The Kier molecular flexibility index (Phi) is 3.11. The molecule has 4 heterocycles. The molecule has 2 aromatic rings. The summed E-state index contributed by atoms with van der Waals surface area (Å²) in [6, 6.07) is 10.2. The van der Waals surface area contributed by atoms with Gasteiger partial charge in [-0.25, -0.2) is 0 Å². The Balaban J connectivity index is 1.66. The molecule has 0 spiro atoms. The minimum absolute atomic E-state index is 0.582. The minimum atomic E-state index is 0.582. The van der Waals surface area contributed by atoms with Crippen molar-refractivity contribution in [2.24, 2.45) is 5.92 Å². The normalized spacial score (nSPS) is 31.3. The molecule has 2 saturated heterocycles. The van der Waals surface area contributed by atoms with Crippen LogP contribution in [0.5, 0.6) is 0 Å². The number of H-pyrrole nitrogens is 1. The number of fused-ring (bicyclic) bond motifs is 7. The van der Waals surface area contributed by atoms with Gasteiger partial charge in [-0.05, 0) is 36.8 Å². The molecule has 0 saturated carbocycles. The first-order chi connectivity index (χ1) is 11.3. The fraction of sp³-hybridized carbons (Fsp3) is 0.600. The quantitative estimate of drug-likeness (QED) is 0.862. The van der Waals surface area contributed by atoms with E-state index in [-0.39, 0.29) is 0 Å². The van der Waals surface area contributed by atoms with Gasteiger partial charge >= 0.3 is 0 Å². The van der Waals surface area contributed by atoms with Crippen molar-refractivity contribution in [3.05, 3.63) is 35.5 Å². The first kappa shape index (κ1) is 14.1. The molecular weight excluding hydrogens is 282 g/mol. The Morgan fingerprint density at radius 1 is 1.09 bits per heavy atom. The highest BCUT2D eigenvalue weighted by molar-refractivity contribution is 5.85. The van der Waals surface area contributed by atoms with Crippen LogP contribution >= 0.6 is 0 Å². The molecule has 0 radical (unpaired) electrons. The third kappa shape index (κ3) is 1.90. The van der Waals surface area contributed by atoms with Crippen LogP contribution in [0.25, 0.3) is 10.9 Å². The zero-order chi connectivity index (χ0) is 15.6. The maximum absolute atomic E-state index is 3.81. The van der Waals surface area contributed by atoms with Crippen LogP contribution < -0.4 is 0 Å². The molecule has 5 rings (SSSR count). The molecule has 3 aliphatic heterocycles. The summed E-state index contributed by atoms with van der Waals surface area (Å²) in [5.41, 5.74) is 4.45. The average molecular weight is 309 g/mol. The highest BCUT2D eigenvalue weighted by atomic mass is 15.5. The van der Waals surface area contributed by atoms with Crippen molar-refractivity contribution in [2.45, 2.75) is 57.8 Å². The van der Waals surface area contributed by atoms with Gasteiger partial charge in [0.1, 0.15) is 0 Å². The Bertz CT molecular complexity index is 732. The van der Waals surface area contributed by atoms with E-state index in [0.29, 0.717) is 24.2 Å². The maximum atomic E-state index is 3.81. The predicted octanol–water partition coefficient (Wildman–Crippen LogP) is 3.92. The fourth-order valence-electron chi connectivity index (χ4n) is 5.60. The smallest absolute Gasteiger partial charge is 0.0672 e. The van der Waals surface area contributed by atoms with Gasteiger partial charge in [0.05, 0.1) is 12.2 Å². The van der Waals surface area contributed by atoms with E-state index in [1.54, 1.807) is 5.56 Å². The third-order valence-electron chi connectivity index (χ3n) is 6.35. The van der Waals surface area contributed by atoms with E-state index in [0.717, 1.165) is 0 Å². The summed E-state index contributed by atoms with van der Waals surface area (Å²) in [6.07, 6.45) is 5.95. The van der Waals surface area contributed by atoms with E-state index in [2.05, 4.69) is 52.9 Å². The number of hydrogen-bond acceptors (Lipinski definition) is 2. The SMILES string of the molecule is CC(C)C1N2CCCCC2[C@@H]2c3[nH]c4ccccc4c3CCN12. The van der Waals surface area contributed by atoms with Crippen LogP contribution in [-0.2, 0) is 6.42 Å². The number of hydrogen-bond donors (Lipinski definition) is 1. The molecule has 1 aromatic carbocycles.